The van der Waals surface area contributed by atoms with Crippen molar-refractivity contribution in [2.24, 2.45) is 0 Å². The molecule has 2 aliphatic heterocycles. The molecule has 0 unspecified atom stereocenters. The van der Waals surface area contributed by atoms with E-state index in [0.717, 1.165) is 25.0 Å². The summed E-state index contributed by atoms with van der Waals surface area (Å²) in [6.07, 6.45) is 3.43. The average molecular weight is 412 g/mol. The number of likely N-dealkylation sites (N-methyl/N-ethyl adjacent to an activating group) is 1. The van der Waals surface area contributed by atoms with Gasteiger partial charge in [0.2, 0.25) is 5.91 Å². The standard InChI is InChI=1S/C19H26ClN3O3S/c1-23(10-11-26-15-7-3-2-6-13(15)20)17(24)9-5-4-8-16-18-14(12-27-16)21-19(25)22-18/h2-3,6-7,14,16,18H,4-5,8-12H2,1H3,(H2,21,22,25)/t14-,16-,18-/m0/s1. The number of carbonyl (C=O) groups is 2. The number of fused-ring (bicyclic) bond motifs is 1. The van der Waals surface area contributed by atoms with Crippen LogP contribution < -0.4 is 15.4 Å². The van der Waals surface area contributed by atoms with Gasteiger partial charge in [-0.1, -0.05) is 30.2 Å². The third-order valence-electron chi connectivity index (χ3n) is 5.01. The highest BCUT2D eigenvalue weighted by molar-refractivity contribution is 8.00. The van der Waals surface area contributed by atoms with Gasteiger partial charge < -0.3 is 20.3 Å². The normalized spacial score (nSPS) is 23.5. The van der Waals surface area contributed by atoms with Crippen molar-refractivity contribution in [1.82, 2.24) is 15.5 Å². The third kappa shape index (κ3) is 5.45. The highest BCUT2D eigenvalue weighted by atomic mass is 35.5. The van der Waals surface area contributed by atoms with E-state index in [-0.39, 0.29) is 24.0 Å². The minimum absolute atomic E-state index is 0.0499. The van der Waals surface area contributed by atoms with Gasteiger partial charge in [0.25, 0.3) is 0 Å². The van der Waals surface area contributed by atoms with Crippen LogP contribution in [0.1, 0.15) is 25.7 Å². The van der Waals surface area contributed by atoms with Crippen molar-refractivity contribution in [2.75, 3.05) is 26.0 Å². The van der Waals surface area contributed by atoms with E-state index in [1.54, 1.807) is 18.0 Å². The van der Waals surface area contributed by atoms with Gasteiger partial charge in [-0.25, -0.2) is 4.79 Å². The van der Waals surface area contributed by atoms with Crippen molar-refractivity contribution in [3.8, 4) is 5.75 Å². The molecule has 27 heavy (non-hydrogen) atoms. The van der Waals surface area contributed by atoms with Gasteiger partial charge in [-0.2, -0.15) is 11.8 Å². The lowest BCUT2D eigenvalue weighted by Crippen LogP contribution is -2.36. The monoisotopic (exact) mass is 411 g/mol. The van der Waals surface area contributed by atoms with Gasteiger partial charge in [-0.05, 0) is 25.0 Å². The first-order valence-electron chi connectivity index (χ1n) is 9.34. The highest BCUT2D eigenvalue weighted by Gasteiger charge is 2.42. The molecule has 8 heteroatoms. The zero-order chi connectivity index (χ0) is 19.2. The molecule has 148 valence electrons. The Hall–Kier alpha value is -1.60. The number of unbranched alkanes of at least 4 members (excludes halogenated alkanes) is 1. The lowest BCUT2D eigenvalue weighted by Gasteiger charge is -2.19. The summed E-state index contributed by atoms with van der Waals surface area (Å²) in [5.41, 5.74) is 0. The van der Waals surface area contributed by atoms with Gasteiger partial charge in [0.1, 0.15) is 12.4 Å². The van der Waals surface area contributed by atoms with Crippen LogP contribution in [0, 0.1) is 0 Å². The number of nitrogens with zero attached hydrogens (tertiary/aromatic N) is 1. The second-order valence-corrected chi connectivity index (χ2v) is 8.64. The number of rotatable bonds is 9. The maximum absolute atomic E-state index is 12.2. The first kappa shape index (κ1) is 20.1. The number of nitrogens with one attached hydrogen (secondary N) is 2. The van der Waals surface area contributed by atoms with Crippen molar-refractivity contribution in [1.29, 1.82) is 0 Å². The van der Waals surface area contributed by atoms with Gasteiger partial charge in [0.15, 0.2) is 0 Å². The highest BCUT2D eigenvalue weighted by Crippen LogP contribution is 2.33. The van der Waals surface area contributed by atoms with Crippen LogP contribution in [0.5, 0.6) is 5.75 Å². The van der Waals surface area contributed by atoms with Gasteiger partial charge in [0.05, 0.1) is 23.7 Å². The first-order valence-corrected chi connectivity index (χ1v) is 10.8. The number of ether oxygens (including phenoxy) is 1. The Balaban J connectivity index is 1.29. The summed E-state index contributed by atoms with van der Waals surface area (Å²) in [5, 5.41) is 6.98. The number of hydrogen-bond donors (Lipinski definition) is 2. The molecule has 3 amide bonds. The molecule has 0 radical (unpaired) electrons. The lowest BCUT2D eigenvalue weighted by atomic mass is 10.0. The van der Waals surface area contributed by atoms with E-state index in [1.807, 2.05) is 30.0 Å². The molecule has 3 rings (SSSR count). The average Bonchev–Trinajstić information content (AvgIpc) is 3.19. The molecule has 0 bridgehead atoms. The number of urea groups is 1. The van der Waals surface area contributed by atoms with E-state index in [9.17, 15) is 9.59 Å². The largest absolute Gasteiger partial charge is 0.490 e. The van der Waals surface area contributed by atoms with E-state index < -0.39 is 0 Å². The molecule has 1 aromatic rings. The summed E-state index contributed by atoms with van der Waals surface area (Å²) >= 11 is 7.96. The molecule has 6 nitrogen and oxygen atoms in total. The van der Waals surface area contributed by atoms with Gasteiger partial charge >= 0.3 is 6.03 Å². The van der Waals surface area contributed by atoms with Crippen molar-refractivity contribution in [3.05, 3.63) is 29.3 Å². The maximum atomic E-state index is 12.2. The molecular formula is C19H26ClN3O3S. The maximum Gasteiger partial charge on any atom is 0.315 e. The number of amides is 3. The molecular weight excluding hydrogens is 386 g/mol. The summed E-state index contributed by atoms with van der Waals surface area (Å²) in [6, 6.07) is 7.77. The molecule has 0 spiro atoms. The summed E-state index contributed by atoms with van der Waals surface area (Å²) in [7, 11) is 1.80. The Bertz CT molecular complexity index is 675. The first-order chi connectivity index (χ1) is 13.0. The van der Waals surface area contributed by atoms with Crippen LogP contribution in [0.15, 0.2) is 24.3 Å². The molecule has 0 aromatic heterocycles. The molecule has 0 aliphatic carbocycles. The number of carbonyl (C=O) groups excluding carboxylic acids is 2. The van der Waals surface area contributed by atoms with E-state index in [1.165, 1.54) is 0 Å². The minimum atomic E-state index is -0.0499. The van der Waals surface area contributed by atoms with Gasteiger partial charge in [-0.15, -0.1) is 0 Å². The molecule has 2 heterocycles. The Morgan fingerprint density at radius 1 is 1.33 bits per heavy atom. The molecule has 1 aromatic carbocycles. The van der Waals surface area contributed by atoms with Crippen LogP contribution in [-0.4, -0.2) is 60.1 Å². The minimum Gasteiger partial charge on any atom is -0.490 e. The van der Waals surface area contributed by atoms with Crippen LogP contribution in [-0.2, 0) is 4.79 Å². The van der Waals surface area contributed by atoms with Crippen molar-refractivity contribution in [2.45, 2.75) is 43.0 Å². The fourth-order valence-corrected chi connectivity index (χ4v) is 5.17. The Morgan fingerprint density at radius 2 is 2.15 bits per heavy atom. The number of hydrogen-bond acceptors (Lipinski definition) is 4. The second kappa shape index (κ2) is 9.55. The second-order valence-electron chi connectivity index (χ2n) is 6.96. The number of thioether (sulfide) groups is 1. The SMILES string of the molecule is CN(CCOc1ccccc1Cl)C(=O)CCCC[C@@H]1SC[C@@H]2NC(=O)N[C@@H]21. The fraction of sp³-hybridized carbons (Fsp3) is 0.579. The van der Waals surface area contributed by atoms with E-state index in [0.29, 0.717) is 35.6 Å². The van der Waals surface area contributed by atoms with Crippen LogP contribution in [0.4, 0.5) is 4.79 Å². The van der Waals surface area contributed by atoms with E-state index in [2.05, 4.69) is 10.6 Å². The molecule has 0 saturated carbocycles. The topological polar surface area (TPSA) is 70.7 Å². The van der Waals surface area contributed by atoms with Crippen LogP contribution in [0.2, 0.25) is 5.02 Å². The van der Waals surface area contributed by atoms with E-state index >= 15 is 0 Å². The summed E-state index contributed by atoms with van der Waals surface area (Å²) < 4.78 is 5.63. The molecule has 2 N–H and O–H groups in total. The zero-order valence-electron chi connectivity index (χ0n) is 15.4. The van der Waals surface area contributed by atoms with Crippen molar-refractivity contribution < 1.29 is 14.3 Å². The Morgan fingerprint density at radius 3 is 2.96 bits per heavy atom. The predicted molar refractivity (Wildman–Crippen MR) is 109 cm³/mol. The van der Waals surface area contributed by atoms with Crippen molar-refractivity contribution in [3.63, 3.8) is 0 Å². The Kier molecular flexibility index (Phi) is 7.13. The quantitative estimate of drug-likeness (QED) is 0.484. The number of halogens is 1. The van der Waals surface area contributed by atoms with Crippen molar-refractivity contribution >= 4 is 35.3 Å². The fourth-order valence-electron chi connectivity index (χ4n) is 3.43. The predicted octanol–water partition coefficient (Wildman–Crippen LogP) is 2.90. The zero-order valence-corrected chi connectivity index (χ0v) is 17.0. The summed E-state index contributed by atoms with van der Waals surface area (Å²) in [6.45, 7) is 0.949. The van der Waals surface area contributed by atoms with Gasteiger partial charge in [0, 0.05) is 24.5 Å². The van der Waals surface area contributed by atoms with Crippen LogP contribution in [0.25, 0.3) is 0 Å². The van der Waals surface area contributed by atoms with Crippen LogP contribution in [0.3, 0.4) is 0 Å². The van der Waals surface area contributed by atoms with Gasteiger partial charge in [-0.3, -0.25) is 4.79 Å². The summed E-state index contributed by atoms with van der Waals surface area (Å²) in [5.74, 6) is 1.74. The number of para-hydroxylation sites is 1. The summed E-state index contributed by atoms with van der Waals surface area (Å²) in [4.78, 5) is 25.3. The molecule has 3 atom stereocenters. The number of benzene rings is 1. The van der Waals surface area contributed by atoms with E-state index in [4.69, 9.17) is 16.3 Å². The smallest absolute Gasteiger partial charge is 0.315 e. The molecule has 2 saturated heterocycles. The molecule has 2 aliphatic rings. The Labute approximate surface area is 169 Å². The third-order valence-corrected chi connectivity index (χ3v) is 6.83. The lowest BCUT2D eigenvalue weighted by molar-refractivity contribution is -0.130. The van der Waals surface area contributed by atoms with Crippen LogP contribution >= 0.6 is 23.4 Å². The molecule has 2 fully saturated rings.